The van der Waals surface area contributed by atoms with Crippen LogP contribution in [0.3, 0.4) is 0 Å². The Balaban J connectivity index is 1.79. The normalized spacial score (nSPS) is 13.1. The van der Waals surface area contributed by atoms with E-state index >= 15 is 0 Å². The molecule has 25 heavy (non-hydrogen) atoms. The van der Waals surface area contributed by atoms with Crippen LogP contribution in [0.5, 0.6) is 0 Å². The van der Waals surface area contributed by atoms with Crippen molar-refractivity contribution >= 4 is 11.8 Å². The van der Waals surface area contributed by atoms with Gasteiger partial charge < -0.3 is 10.2 Å². The van der Waals surface area contributed by atoms with Crippen molar-refractivity contribution in [2.45, 2.75) is 26.4 Å². The molecular weight excluding hydrogens is 312 g/mol. The van der Waals surface area contributed by atoms with Crippen LogP contribution < -0.4 is 5.32 Å². The smallest absolute Gasteiger partial charge is 0.251 e. The van der Waals surface area contributed by atoms with Crippen LogP contribution in [0.25, 0.3) is 0 Å². The van der Waals surface area contributed by atoms with E-state index < -0.39 is 0 Å². The van der Waals surface area contributed by atoms with Crippen LogP contribution >= 0.6 is 0 Å². The first-order valence-electron chi connectivity index (χ1n) is 8.45. The molecule has 128 valence electrons. The highest BCUT2D eigenvalue weighted by Crippen LogP contribution is 2.23. The number of carbonyl (C=O) groups excluding carboxylic acids is 2. The number of amides is 2. The van der Waals surface area contributed by atoms with Crippen molar-refractivity contribution in [3.8, 4) is 0 Å². The second-order valence-electron chi connectivity index (χ2n) is 6.27. The third-order valence-corrected chi connectivity index (χ3v) is 4.70. The average molecular weight is 334 g/mol. The summed E-state index contributed by atoms with van der Waals surface area (Å²) in [5.41, 5.74) is 4.97. The Bertz CT molecular complexity index is 826. The molecule has 0 aromatic heterocycles. The maximum absolute atomic E-state index is 12.7. The van der Waals surface area contributed by atoms with Crippen LogP contribution in [0.2, 0.25) is 0 Å². The van der Waals surface area contributed by atoms with Gasteiger partial charge in [0.15, 0.2) is 0 Å². The third-order valence-electron chi connectivity index (χ3n) is 4.70. The van der Waals surface area contributed by atoms with Crippen LogP contribution in [-0.2, 0) is 24.3 Å². The van der Waals surface area contributed by atoms with E-state index in [0.29, 0.717) is 25.2 Å². The van der Waals surface area contributed by atoms with Gasteiger partial charge in [-0.2, -0.15) is 0 Å². The van der Waals surface area contributed by atoms with Crippen molar-refractivity contribution < 1.29 is 9.59 Å². The first-order chi connectivity index (χ1) is 12.1. The summed E-state index contributed by atoms with van der Waals surface area (Å²) in [5.74, 6) is -0.200. The minimum Gasteiger partial charge on any atom is -0.348 e. The molecule has 2 amide bonds. The summed E-state index contributed by atoms with van der Waals surface area (Å²) in [6.45, 7) is 7.18. The molecule has 0 spiro atoms. The standard InChI is InChI=1S/C21H22N2O2/c1-3-20(24)23-12-11-16-9-6-10-18(19(16)14-23)21(25)22-13-17-8-5-4-7-15(17)2/h3-10H,1,11-14H2,2H3,(H,22,25). The van der Waals surface area contributed by atoms with Gasteiger partial charge in [-0.15, -0.1) is 0 Å². The van der Waals surface area contributed by atoms with Crippen LogP contribution in [-0.4, -0.2) is 23.3 Å². The van der Waals surface area contributed by atoms with Crippen LogP contribution in [0, 0.1) is 6.92 Å². The molecule has 0 aliphatic carbocycles. The Kier molecular flexibility index (Phi) is 4.98. The summed E-state index contributed by atoms with van der Waals surface area (Å²) in [7, 11) is 0. The van der Waals surface area contributed by atoms with E-state index in [1.165, 1.54) is 6.08 Å². The zero-order valence-corrected chi connectivity index (χ0v) is 14.4. The number of aryl methyl sites for hydroxylation is 1. The maximum Gasteiger partial charge on any atom is 0.251 e. The SMILES string of the molecule is C=CC(=O)N1CCc2cccc(C(=O)NCc3ccccc3C)c2C1. The fourth-order valence-electron chi connectivity index (χ4n) is 3.19. The van der Waals surface area contributed by atoms with E-state index in [9.17, 15) is 9.59 Å². The van der Waals surface area contributed by atoms with Crippen molar-refractivity contribution in [1.29, 1.82) is 0 Å². The van der Waals surface area contributed by atoms with E-state index in [1.807, 2.05) is 49.4 Å². The Labute approximate surface area is 148 Å². The van der Waals surface area contributed by atoms with Gasteiger partial charge in [0.05, 0.1) is 0 Å². The number of hydrogen-bond acceptors (Lipinski definition) is 2. The highest BCUT2D eigenvalue weighted by molar-refractivity contribution is 5.96. The van der Waals surface area contributed by atoms with Gasteiger partial charge in [0.2, 0.25) is 5.91 Å². The van der Waals surface area contributed by atoms with Gasteiger partial charge >= 0.3 is 0 Å². The predicted molar refractivity (Wildman–Crippen MR) is 98.1 cm³/mol. The fraction of sp³-hybridized carbons (Fsp3) is 0.238. The number of nitrogens with one attached hydrogen (secondary N) is 1. The van der Waals surface area contributed by atoms with Crippen molar-refractivity contribution in [3.05, 3.63) is 82.9 Å². The van der Waals surface area contributed by atoms with E-state index in [1.54, 1.807) is 4.90 Å². The molecule has 4 nitrogen and oxygen atoms in total. The zero-order chi connectivity index (χ0) is 17.8. The summed E-state index contributed by atoms with van der Waals surface area (Å²) in [4.78, 5) is 26.4. The van der Waals surface area contributed by atoms with Gasteiger partial charge in [0.25, 0.3) is 5.91 Å². The van der Waals surface area contributed by atoms with Gasteiger partial charge in [-0.05, 0) is 47.7 Å². The molecule has 0 unspecified atom stereocenters. The van der Waals surface area contributed by atoms with E-state index in [0.717, 1.165) is 28.7 Å². The van der Waals surface area contributed by atoms with Gasteiger partial charge in [0.1, 0.15) is 0 Å². The van der Waals surface area contributed by atoms with E-state index in [4.69, 9.17) is 0 Å². The second-order valence-corrected chi connectivity index (χ2v) is 6.27. The molecule has 2 aromatic rings. The van der Waals surface area contributed by atoms with Gasteiger partial charge in [-0.3, -0.25) is 9.59 Å². The number of hydrogen-bond donors (Lipinski definition) is 1. The molecule has 1 aliphatic heterocycles. The maximum atomic E-state index is 12.7. The summed E-state index contributed by atoms with van der Waals surface area (Å²) in [6, 6.07) is 13.8. The summed E-state index contributed by atoms with van der Waals surface area (Å²) in [5, 5.41) is 3.00. The number of fused-ring (bicyclic) bond motifs is 1. The number of nitrogens with zero attached hydrogens (tertiary/aromatic N) is 1. The number of rotatable bonds is 4. The molecule has 1 heterocycles. The Morgan fingerprint density at radius 1 is 1.20 bits per heavy atom. The largest absolute Gasteiger partial charge is 0.348 e. The molecule has 1 N–H and O–H groups in total. The highest BCUT2D eigenvalue weighted by atomic mass is 16.2. The predicted octanol–water partition coefficient (Wildman–Crippen LogP) is 3.00. The molecule has 2 aromatic carbocycles. The molecule has 0 atom stereocenters. The van der Waals surface area contributed by atoms with Gasteiger partial charge in [-0.1, -0.05) is 43.0 Å². The summed E-state index contributed by atoms with van der Waals surface area (Å²) < 4.78 is 0. The van der Waals surface area contributed by atoms with Crippen LogP contribution in [0.15, 0.2) is 55.1 Å². The van der Waals surface area contributed by atoms with Crippen molar-refractivity contribution in [2.24, 2.45) is 0 Å². The first kappa shape index (κ1) is 17.0. The minimum absolute atomic E-state index is 0.0965. The van der Waals surface area contributed by atoms with Crippen molar-refractivity contribution in [2.75, 3.05) is 6.54 Å². The molecule has 0 radical (unpaired) electrons. The van der Waals surface area contributed by atoms with Crippen LogP contribution in [0.1, 0.15) is 32.6 Å². The summed E-state index contributed by atoms with van der Waals surface area (Å²) >= 11 is 0. The topological polar surface area (TPSA) is 49.4 Å². The molecule has 1 aliphatic rings. The molecule has 3 rings (SSSR count). The Hall–Kier alpha value is -2.88. The van der Waals surface area contributed by atoms with Gasteiger partial charge in [-0.25, -0.2) is 0 Å². The third kappa shape index (κ3) is 3.63. The van der Waals surface area contributed by atoms with E-state index in [-0.39, 0.29) is 11.8 Å². The lowest BCUT2D eigenvalue weighted by Crippen LogP contribution is -2.36. The van der Waals surface area contributed by atoms with Crippen LogP contribution in [0.4, 0.5) is 0 Å². The zero-order valence-electron chi connectivity index (χ0n) is 14.4. The van der Waals surface area contributed by atoms with E-state index in [2.05, 4.69) is 11.9 Å². The lowest BCUT2D eigenvalue weighted by molar-refractivity contribution is -0.126. The molecule has 0 saturated carbocycles. The lowest BCUT2D eigenvalue weighted by Gasteiger charge is -2.29. The van der Waals surface area contributed by atoms with Crippen molar-refractivity contribution in [1.82, 2.24) is 10.2 Å². The summed E-state index contributed by atoms with van der Waals surface area (Å²) in [6.07, 6.45) is 2.08. The number of benzene rings is 2. The Morgan fingerprint density at radius 2 is 2.00 bits per heavy atom. The highest BCUT2D eigenvalue weighted by Gasteiger charge is 2.23. The molecule has 0 saturated heterocycles. The molecule has 4 heteroatoms. The fourth-order valence-corrected chi connectivity index (χ4v) is 3.19. The molecule has 0 bridgehead atoms. The first-order valence-corrected chi connectivity index (χ1v) is 8.45. The number of carbonyl (C=O) groups is 2. The average Bonchev–Trinajstić information content (AvgIpc) is 2.65. The minimum atomic E-state index is -0.104. The van der Waals surface area contributed by atoms with Crippen molar-refractivity contribution in [3.63, 3.8) is 0 Å². The lowest BCUT2D eigenvalue weighted by atomic mass is 9.94. The van der Waals surface area contributed by atoms with Gasteiger partial charge in [0, 0.05) is 25.2 Å². The Morgan fingerprint density at radius 3 is 2.76 bits per heavy atom. The molecular formula is C21H22N2O2. The second kappa shape index (κ2) is 7.34. The molecule has 0 fully saturated rings. The monoisotopic (exact) mass is 334 g/mol. The quantitative estimate of drug-likeness (QED) is 0.874.